The summed E-state index contributed by atoms with van der Waals surface area (Å²) in [6.45, 7) is 1.71. The van der Waals surface area contributed by atoms with Crippen molar-refractivity contribution in [1.82, 2.24) is 0 Å². The zero-order valence-electron chi connectivity index (χ0n) is 8.14. The molecular formula is C11H10ClNO2. The zero-order chi connectivity index (χ0) is 11.4. The Hall–Kier alpha value is -1.53. The summed E-state index contributed by atoms with van der Waals surface area (Å²) >= 11 is 5.84. The number of hydrogen-bond donors (Lipinski definition) is 1. The largest absolute Gasteiger partial charge is 0.478 e. The molecule has 0 amide bonds. The average molecular weight is 224 g/mol. The number of rotatable bonds is 3. The first-order valence-corrected chi connectivity index (χ1v) is 4.87. The minimum absolute atomic E-state index is 0.171. The van der Waals surface area contributed by atoms with Gasteiger partial charge in [0, 0.05) is 0 Å². The third kappa shape index (κ3) is 2.71. The maximum absolute atomic E-state index is 10.7. The van der Waals surface area contributed by atoms with Gasteiger partial charge in [-0.15, -0.1) is 11.6 Å². The van der Waals surface area contributed by atoms with E-state index in [-0.39, 0.29) is 10.9 Å². The van der Waals surface area contributed by atoms with Gasteiger partial charge in [0.15, 0.2) is 0 Å². The molecule has 3 nitrogen and oxygen atoms in total. The number of nitriles is 1. The fraction of sp³-hybridized carbons (Fsp3) is 0.273. The van der Waals surface area contributed by atoms with Crippen molar-refractivity contribution >= 4 is 17.6 Å². The van der Waals surface area contributed by atoms with Crippen LogP contribution in [0.3, 0.4) is 0 Å². The SMILES string of the molecule is CC(Cl)C(C#N)c1cccc(C(=O)O)c1. The van der Waals surface area contributed by atoms with Crippen molar-refractivity contribution in [3.05, 3.63) is 35.4 Å². The molecule has 1 N–H and O–H groups in total. The van der Waals surface area contributed by atoms with Crippen molar-refractivity contribution in [2.45, 2.75) is 18.2 Å². The van der Waals surface area contributed by atoms with Gasteiger partial charge in [-0.2, -0.15) is 5.26 Å². The van der Waals surface area contributed by atoms with E-state index in [1.54, 1.807) is 19.1 Å². The molecule has 15 heavy (non-hydrogen) atoms. The lowest BCUT2D eigenvalue weighted by molar-refractivity contribution is 0.0696. The summed E-state index contributed by atoms with van der Waals surface area (Å²) in [5, 5.41) is 17.3. The standard InChI is InChI=1S/C11H10ClNO2/c1-7(12)10(6-13)8-3-2-4-9(5-8)11(14)15/h2-5,7,10H,1H3,(H,14,15). The number of alkyl halides is 1. The molecule has 0 aliphatic carbocycles. The predicted octanol–water partition coefficient (Wildman–Crippen LogP) is 2.62. The Kier molecular flexibility index (Phi) is 3.70. The van der Waals surface area contributed by atoms with Gasteiger partial charge in [-0.1, -0.05) is 12.1 Å². The van der Waals surface area contributed by atoms with Crippen molar-refractivity contribution in [3.8, 4) is 6.07 Å². The summed E-state index contributed by atoms with van der Waals surface area (Å²) in [4.78, 5) is 10.7. The average Bonchev–Trinajstić information content (AvgIpc) is 2.18. The van der Waals surface area contributed by atoms with Crippen LogP contribution in [0.15, 0.2) is 24.3 Å². The highest BCUT2D eigenvalue weighted by Gasteiger charge is 2.17. The second-order valence-corrected chi connectivity index (χ2v) is 3.90. The molecular weight excluding hydrogens is 214 g/mol. The van der Waals surface area contributed by atoms with Crippen molar-refractivity contribution in [2.24, 2.45) is 0 Å². The first kappa shape index (κ1) is 11.5. The van der Waals surface area contributed by atoms with Gasteiger partial charge in [0.2, 0.25) is 0 Å². The summed E-state index contributed by atoms with van der Waals surface area (Å²) in [5.74, 6) is -1.48. The second-order valence-electron chi connectivity index (χ2n) is 3.21. The Morgan fingerprint density at radius 2 is 2.27 bits per heavy atom. The Labute approximate surface area is 92.9 Å². The van der Waals surface area contributed by atoms with Gasteiger partial charge in [0.25, 0.3) is 0 Å². The first-order valence-electron chi connectivity index (χ1n) is 4.43. The van der Waals surface area contributed by atoms with E-state index in [0.29, 0.717) is 5.56 Å². The molecule has 4 heteroatoms. The Bertz CT molecular complexity index is 409. The van der Waals surface area contributed by atoms with Crippen molar-refractivity contribution in [3.63, 3.8) is 0 Å². The summed E-state index contributed by atoms with van der Waals surface area (Å²) in [7, 11) is 0. The summed E-state index contributed by atoms with van der Waals surface area (Å²) in [6, 6.07) is 8.35. The molecule has 1 aromatic carbocycles. The molecule has 2 unspecified atom stereocenters. The maximum atomic E-state index is 10.7. The van der Waals surface area contributed by atoms with Crippen LogP contribution in [0.2, 0.25) is 0 Å². The minimum atomic E-state index is -1.00. The van der Waals surface area contributed by atoms with Gasteiger partial charge < -0.3 is 5.11 Å². The number of halogens is 1. The lowest BCUT2D eigenvalue weighted by Crippen LogP contribution is -2.08. The first-order chi connectivity index (χ1) is 7.06. The molecule has 1 aromatic rings. The predicted molar refractivity (Wildman–Crippen MR) is 57.1 cm³/mol. The van der Waals surface area contributed by atoms with Gasteiger partial charge in [-0.3, -0.25) is 0 Å². The van der Waals surface area contributed by atoms with Crippen LogP contribution in [0.5, 0.6) is 0 Å². The normalized spacial score (nSPS) is 13.9. The van der Waals surface area contributed by atoms with Gasteiger partial charge in [-0.05, 0) is 24.6 Å². The van der Waals surface area contributed by atoms with E-state index in [4.69, 9.17) is 22.0 Å². The number of aromatic carboxylic acids is 1. The lowest BCUT2D eigenvalue weighted by atomic mass is 9.96. The van der Waals surface area contributed by atoms with Crippen LogP contribution in [0, 0.1) is 11.3 Å². The number of carboxylic acid groups (broad SMARTS) is 1. The molecule has 78 valence electrons. The van der Waals surface area contributed by atoms with E-state index in [1.165, 1.54) is 12.1 Å². The molecule has 0 aliphatic heterocycles. The quantitative estimate of drug-likeness (QED) is 0.802. The Balaban J connectivity index is 3.10. The van der Waals surface area contributed by atoms with E-state index >= 15 is 0 Å². The van der Waals surface area contributed by atoms with Crippen molar-refractivity contribution in [2.75, 3.05) is 0 Å². The molecule has 0 radical (unpaired) electrons. The van der Waals surface area contributed by atoms with E-state index in [2.05, 4.69) is 6.07 Å². The summed E-state index contributed by atoms with van der Waals surface area (Å²) < 4.78 is 0. The van der Waals surface area contributed by atoms with Crippen LogP contribution in [-0.4, -0.2) is 16.5 Å². The monoisotopic (exact) mass is 223 g/mol. The minimum Gasteiger partial charge on any atom is -0.478 e. The molecule has 0 saturated heterocycles. The fourth-order valence-electron chi connectivity index (χ4n) is 1.31. The Morgan fingerprint density at radius 3 is 2.73 bits per heavy atom. The van der Waals surface area contributed by atoms with Crippen LogP contribution < -0.4 is 0 Å². The topological polar surface area (TPSA) is 61.1 Å². The smallest absolute Gasteiger partial charge is 0.335 e. The van der Waals surface area contributed by atoms with Crippen LogP contribution in [0.25, 0.3) is 0 Å². The highest BCUT2D eigenvalue weighted by molar-refractivity contribution is 6.21. The van der Waals surface area contributed by atoms with Gasteiger partial charge in [0.1, 0.15) is 0 Å². The van der Waals surface area contributed by atoms with Gasteiger partial charge in [0.05, 0.1) is 22.9 Å². The van der Waals surface area contributed by atoms with E-state index in [9.17, 15) is 4.79 Å². The molecule has 0 bridgehead atoms. The van der Waals surface area contributed by atoms with E-state index < -0.39 is 11.9 Å². The second kappa shape index (κ2) is 4.81. The fourth-order valence-corrected chi connectivity index (χ4v) is 1.51. The number of carboxylic acids is 1. The number of benzene rings is 1. The third-order valence-corrected chi connectivity index (χ3v) is 2.34. The van der Waals surface area contributed by atoms with Crippen LogP contribution >= 0.6 is 11.6 Å². The summed E-state index contributed by atoms with van der Waals surface area (Å²) in [5.41, 5.74) is 0.810. The molecule has 0 heterocycles. The van der Waals surface area contributed by atoms with E-state index in [1.807, 2.05) is 0 Å². The molecule has 0 aromatic heterocycles. The Morgan fingerprint density at radius 1 is 1.60 bits per heavy atom. The molecule has 0 aliphatic rings. The highest BCUT2D eigenvalue weighted by atomic mass is 35.5. The van der Waals surface area contributed by atoms with Crippen molar-refractivity contribution < 1.29 is 9.90 Å². The molecule has 2 atom stereocenters. The van der Waals surface area contributed by atoms with Gasteiger partial charge >= 0.3 is 5.97 Å². The van der Waals surface area contributed by atoms with Crippen LogP contribution in [0.1, 0.15) is 28.8 Å². The summed E-state index contributed by atoms with van der Waals surface area (Å²) in [6.07, 6.45) is 0. The molecule has 1 rings (SSSR count). The third-order valence-electron chi connectivity index (χ3n) is 2.09. The van der Waals surface area contributed by atoms with Gasteiger partial charge in [-0.25, -0.2) is 4.79 Å². The maximum Gasteiger partial charge on any atom is 0.335 e. The van der Waals surface area contributed by atoms with Crippen LogP contribution in [0.4, 0.5) is 0 Å². The molecule has 0 saturated carbocycles. The van der Waals surface area contributed by atoms with Crippen LogP contribution in [-0.2, 0) is 0 Å². The number of nitrogens with zero attached hydrogens (tertiary/aromatic N) is 1. The molecule has 0 fully saturated rings. The van der Waals surface area contributed by atoms with Crippen molar-refractivity contribution in [1.29, 1.82) is 5.26 Å². The zero-order valence-corrected chi connectivity index (χ0v) is 8.90. The van der Waals surface area contributed by atoms with E-state index in [0.717, 1.165) is 0 Å². The number of hydrogen-bond acceptors (Lipinski definition) is 2. The highest BCUT2D eigenvalue weighted by Crippen LogP contribution is 2.23. The number of carbonyl (C=O) groups is 1. The molecule has 0 spiro atoms. The lowest BCUT2D eigenvalue weighted by Gasteiger charge is -2.11.